The highest BCUT2D eigenvalue weighted by Gasteiger charge is 2.37. The van der Waals surface area contributed by atoms with Crippen molar-refractivity contribution < 1.29 is 19.2 Å². The van der Waals surface area contributed by atoms with Crippen LogP contribution in [0.2, 0.25) is 0 Å². The van der Waals surface area contributed by atoms with E-state index >= 15 is 0 Å². The molecule has 0 N–H and O–H groups in total. The molecule has 0 spiro atoms. The Balaban J connectivity index is 1.67. The number of rotatable bonds is 4. The van der Waals surface area contributed by atoms with Crippen molar-refractivity contribution in [2.24, 2.45) is 0 Å². The Labute approximate surface area is 159 Å². The number of fused-ring (bicyclic) bond motifs is 1. The Bertz CT molecular complexity index is 1140. The lowest BCUT2D eigenvalue weighted by atomic mass is 10.1. The van der Waals surface area contributed by atoms with Crippen LogP contribution in [-0.4, -0.2) is 16.7 Å². The highest BCUT2D eigenvalue weighted by atomic mass is 16.6. The van der Waals surface area contributed by atoms with Gasteiger partial charge in [-0.05, 0) is 42.8 Å². The van der Waals surface area contributed by atoms with E-state index in [1.165, 1.54) is 30.3 Å². The minimum Gasteiger partial charge on any atom is -0.457 e. The van der Waals surface area contributed by atoms with Crippen LogP contribution in [0.4, 0.5) is 11.4 Å². The quantitative estimate of drug-likeness (QED) is 0.381. The summed E-state index contributed by atoms with van der Waals surface area (Å²) in [6.45, 7) is 1.83. The first-order valence-corrected chi connectivity index (χ1v) is 8.46. The van der Waals surface area contributed by atoms with Gasteiger partial charge >= 0.3 is 0 Å². The summed E-state index contributed by atoms with van der Waals surface area (Å²) in [6.07, 6.45) is 0. The maximum absolute atomic E-state index is 12.9. The molecule has 138 valence electrons. The van der Waals surface area contributed by atoms with Crippen LogP contribution in [0, 0.1) is 17.0 Å². The predicted molar refractivity (Wildman–Crippen MR) is 102 cm³/mol. The van der Waals surface area contributed by atoms with E-state index in [-0.39, 0.29) is 17.0 Å². The lowest BCUT2D eigenvalue weighted by Gasteiger charge is -2.16. The molecule has 0 unspecified atom stereocenters. The van der Waals surface area contributed by atoms with Crippen LogP contribution in [0.5, 0.6) is 11.5 Å². The number of benzene rings is 3. The van der Waals surface area contributed by atoms with Crippen molar-refractivity contribution in [1.82, 2.24) is 0 Å². The number of hydrogen-bond acceptors (Lipinski definition) is 5. The van der Waals surface area contributed by atoms with E-state index in [0.29, 0.717) is 17.0 Å². The van der Waals surface area contributed by atoms with Crippen LogP contribution in [0.1, 0.15) is 26.3 Å². The molecule has 2 amide bonds. The number of nitro benzene ring substituents is 1. The second kappa shape index (κ2) is 6.62. The lowest BCUT2D eigenvalue weighted by molar-refractivity contribution is -0.384. The van der Waals surface area contributed by atoms with E-state index in [0.717, 1.165) is 10.5 Å². The van der Waals surface area contributed by atoms with Gasteiger partial charge in [0.1, 0.15) is 11.5 Å². The molecule has 0 atom stereocenters. The molecule has 1 aliphatic heterocycles. The minimum atomic E-state index is -0.516. The van der Waals surface area contributed by atoms with Gasteiger partial charge in [-0.2, -0.15) is 0 Å². The first-order chi connectivity index (χ1) is 13.5. The summed E-state index contributed by atoms with van der Waals surface area (Å²) in [7, 11) is 0. The summed E-state index contributed by atoms with van der Waals surface area (Å²) in [6, 6.07) is 17.5. The van der Waals surface area contributed by atoms with Crippen LogP contribution >= 0.6 is 0 Å². The molecule has 3 aromatic rings. The fraction of sp³-hybridized carbons (Fsp3) is 0.0476. The molecule has 0 saturated heterocycles. The van der Waals surface area contributed by atoms with Crippen LogP contribution in [0.25, 0.3) is 0 Å². The van der Waals surface area contributed by atoms with Gasteiger partial charge in [-0.15, -0.1) is 0 Å². The first kappa shape index (κ1) is 17.4. The monoisotopic (exact) mass is 374 g/mol. The van der Waals surface area contributed by atoms with Gasteiger partial charge in [0.05, 0.1) is 27.8 Å². The molecule has 7 heteroatoms. The molecule has 0 aromatic heterocycles. The van der Waals surface area contributed by atoms with Crippen molar-refractivity contribution in [3.63, 3.8) is 0 Å². The molecule has 0 fully saturated rings. The van der Waals surface area contributed by atoms with Gasteiger partial charge in [-0.3, -0.25) is 19.7 Å². The number of carbonyl (C=O) groups excluding carboxylic acids is 2. The number of anilines is 1. The molecule has 0 bridgehead atoms. The van der Waals surface area contributed by atoms with Gasteiger partial charge in [-0.1, -0.05) is 24.3 Å². The van der Waals surface area contributed by atoms with Gasteiger partial charge in [0.15, 0.2) is 0 Å². The lowest BCUT2D eigenvalue weighted by Crippen LogP contribution is -2.29. The number of aryl methyl sites for hydroxylation is 1. The molecule has 4 rings (SSSR count). The number of nitrogens with zero attached hydrogens (tertiary/aromatic N) is 2. The fourth-order valence-corrected chi connectivity index (χ4v) is 3.11. The Morgan fingerprint density at radius 3 is 2.32 bits per heavy atom. The van der Waals surface area contributed by atoms with E-state index in [2.05, 4.69) is 0 Å². The molecule has 0 saturated carbocycles. The second-order valence-electron chi connectivity index (χ2n) is 6.30. The zero-order valence-corrected chi connectivity index (χ0v) is 14.8. The zero-order valence-electron chi connectivity index (χ0n) is 14.8. The number of carbonyl (C=O) groups is 2. The van der Waals surface area contributed by atoms with Gasteiger partial charge in [0, 0.05) is 6.07 Å². The van der Waals surface area contributed by atoms with Crippen molar-refractivity contribution >= 4 is 23.2 Å². The van der Waals surface area contributed by atoms with E-state index in [1.54, 1.807) is 24.3 Å². The Morgan fingerprint density at radius 1 is 0.857 bits per heavy atom. The van der Waals surface area contributed by atoms with Crippen molar-refractivity contribution in [3.05, 3.63) is 93.5 Å². The summed E-state index contributed by atoms with van der Waals surface area (Å²) in [5.74, 6) is -0.247. The number of imide groups is 1. The van der Waals surface area contributed by atoms with E-state index in [9.17, 15) is 19.7 Å². The van der Waals surface area contributed by atoms with Crippen molar-refractivity contribution in [2.75, 3.05) is 4.90 Å². The highest BCUT2D eigenvalue weighted by Crippen LogP contribution is 2.34. The summed E-state index contributed by atoms with van der Waals surface area (Å²) in [4.78, 5) is 37.1. The molecule has 28 heavy (non-hydrogen) atoms. The average molecular weight is 374 g/mol. The Morgan fingerprint density at radius 2 is 1.57 bits per heavy atom. The fourth-order valence-electron chi connectivity index (χ4n) is 3.11. The van der Waals surface area contributed by atoms with Crippen molar-refractivity contribution in [3.8, 4) is 11.5 Å². The number of non-ortho nitro benzene ring substituents is 1. The SMILES string of the molecule is Cc1ccccc1N1C(=O)c2ccc(Oc3cccc([N+](=O)[O-])c3)cc2C1=O. The molecule has 7 nitrogen and oxygen atoms in total. The summed E-state index contributed by atoms with van der Waals surface area (Å²) >= 11 is 0. The third-order valence-corrected chi connectivity index (χ3v) is 4.48. The van der Waals surface area contributed by atoms with Gasteiger partial charge in [0.2, 0.25) is 0 Å². The van der Waals surface area contributed by atoms with Crippen LogP contribution < -0.4 is 9.64 Å². The minimum absolute atomic E-state index is 0.101. The molecular formula is C21H14N2O5. The third kappa shape index (κ3) is 2.88. The summed E-state index contributed by atoms with van der Waals surface area (Å²) in [5, 5.41) is 10.9. The largest absolute Gasteiger partial charge is 0.457 e. The maximum Gasteiger partial charge on any atom is 0.273 e. The molecule has 3 aromatic carbocycles. The van der Waals surface area contributed by atoms with E-state index in [4.69, 9.17) is 4.74 Å². The smallest absolute Gasteiger partial charge is 0.273 e. The zero-order chi connectivity index (χ0) is 19.8. The summed E-state index contributed by atoms with van der Waals surface area (Å²) < 4.78 is 5.66. The van der Waals surface area contributed by atoms with Crippen LogP contribution in [0.15, 0.2) is 66.7 Å². The van der Waals surface area contributed by atoms with Crippen LogP contribution in [-0.2, 0) is 0 Å². The van der Waals surface area contributed by atoms with Gasteiger partial charge in [0.25, 0.3) is 17.5 Å². The topological polar surface area (TPSA) is 89.8 Å². The highest BCUT2D eigenvalue weighted by molar-refractivity contribution is 6.34. The average Bonchev–Trinajstić information content (AvgIpc) is 2.93. The standard InChI is InChI=1S/C21H14N2O5/c1-13-5-2-3-8-19(13)22-20(24)17-10-9-16(12-18(17)21(22)25)28-15-7-4-6-14(11-15)23(26)27/h2-12H,1H3. The van der Waals surface area contributed by atoms with Crippen molar-refractivity contribution in [2.45, 2.75) is 6.92 Å². The normalized spacial score (nSPS) is 12.8. The molecule has 1 heterocycles. The predicted octanol–water partition coefficient (Wildman–Crippen LogP) is 4.50. The molecule has 0 radical (unpaired) electrons. The van der Waals surface area contributed by atoms with E-state index in [1.807, 2.05) is 19.1 Å². The molecule has 1 aliphatic rings. The van der Waals surface area contributed by atoms with E-state index < -0.39 is 16.7 Å². The Hall–Kier alpha value is -4.00. The molecule has 0 aliphatic carbocycles. The number of hydrogen-bond donors (Lipinski definition) is 0. The van der Waals surface area contributed by atoms with Gasteiger partial charge in [-0.25, -0.2) is 4.90 Å². The Kier molecular flexibility index (Phi) is 4.12. The number of nitro groups is 1. The first-order valence-electron chi connectivity index (χ1n) is 8.46. The molecular weight excluding hydrogens is 360 g/mol. The van der Waals surface area contributed by atoms with Gasteiger partial charge < -0.3 is 4.74 Å². The summed E-state index contributed by atoms with van der Waals surface area (Å²) in [5.41, 5.74) is 1.77. The number of para-hydroxylation sites is 1. The maximum atomic E-state index is 12.9. The number of amides is 2. The van der Waals surface area contributed by atoms with Crippen molar-refractivity contribution in [1.29, 1.82) is 0 Å². The number of ether oxygens (including phenoxy) is 1. The second-order valence-corrected chi connectivity index (χ2v) is 6.30. The third-order valence-electron chi connectivity index (χ3n) is 4.48. The van der Waals surface area contributed by atoms with Crippen LogP contribution in [0.3, 0.4) is 0 Å².